The van der Waals surface area contributed by atoms with E-state index >= 15 is 0 Å². The number of carbonyl (C=O) groups is 1. The zero-order valence-electron chi connectivity index (χ0n) is 14.7. The molecule has 1 rings (SSSR count). The van der Waals surface area contributed by atoms with Gasteiger partial charge < -0.3 is 15.3 Å². The molecule has 0 saturated carbocycles. The Morgan fingerprint density at radius 1 is 1.35 bits per heavy atom. The van der Waals surface area contributed by atoms with Crippen molar-refractivity contribution >= 4 is 12.0 Å². The molecule has 1 heterocycles. The van der Waals surface area contributed by atoms with Crippen LogP contribution in [0.2, 0.25) is 0 Å². The molecule has 0 bridgehead atoms. The Balaban J connectivity index is 3.09. The fourth-order valence-electron chi connectivity index (χ4n) is 3.20. The van der Waals surface area contributed by atoms with Crippen LogP contribution in [0.25, 0.3) is 0 Å². The molecule has 130 valence electrons. The molecule has 0 aromatic carbocycles. The summed E-state index contributed by atoms with van der Waals surface area (Å²) in [6.07, 6.45) is 8.20. The summed E-state index contributed by atoms with van der Waals surface area (Å²) in [7, 11) is 0. The fraction of sp³-hybridized carbons (Fsp3) is 0.684. The van der Waals surface area contributed by atoms with Gasteiger partial charge in [-0.1, -0.05) is 31.9 Å². The van der Waals surface area contributed by atoms with Crippen molar-refractivity contribution in [3.05, 3.63) is 23.3 Å². The molecule has 0 amide bonds. The molecule has 4 heteroatoms. The first-order valence-corrected chi connectivity index (χ1v) is 8.66. The van der Waals surface area contributed by atoms with E-state index in [4.69, 9.17) is 10.1 Å². The molecule has 0 aliphatic carbocycles. The third-order valence-corrected chi connectivity index (χ3v) is 4.91. The molecular formula is C19H31NO3. The summed E-state index contributed by atoms with van der Waals surface area (Å²) in [6, 6.07) is 0. The lowest BCUT2D eigenvalue weighted by atomic mass is 9.80. The Hall–Kier alpha value is -1.26. The Kier molecular flexibility index (Phi) is 9.03. The van der Waals surface area contributed by atoms with Crippen LogP contribution in [0, 0.1) is 23.2 Å². The van der Waals surface area contributed by atoms with Crippen molar-refractivity contribution in [2.45, 2.75) is 46.5 Å². The van der Waals surface area contributed by atoms with Crippen LogP contribution >= 0.6 is 0 Å². The zero-order valence-corrected chi connectivity index (χ0v) is 14.7. The molecule has 2 N–H and O–H groups in total. The molecule has 1 aliphatic heterocycles. The summed E-state index contributed by atoms with van der Waals surface area (Å²) in [5, 5.41) is 16.6. The molecule has 23 heavy (non-hydrogen) atoms. The first-order chi connectivity index (χ1) is 11.0. The lowest BCUT2D eigenvalue weighted by molar-refractivity contribution is -0.108. The van der Waals surface area contributed by atoms with E-state index < -0.39 is 0 Å². The van der Waals surface area contributed by atoms with E-state index in [1.54, 1.807) is 6.08 Å². The number of hydrogen-bond acceptors (Lipinski definition) is 4. The summed E-state index contributed by atoms with van der Waals surface area (Å²) >= 11 is 0. The van der Waals surface area contributed by atoms with Gasteiger partial charge >= 0.3 is 0 Å². The first kappa shape index (κ1) is 19.8. The minimum atomic E-state index is -0.290. The van der Waals surface area contributed by atoms with Crippen LogP contribution in [-0.2, 0) is 9.53 Å². The third-order valence-electron chi connectivity index (χ3n) is 4.91. The molecule has 1 fully saturated rings. The van der Waals surface area contributed by atoms with Crippen molar-refractivity contribution in [2.24, 2.45) is 17.8 Å². The number of ketones is 1. The van der Waals surface area contributed by atoms with Gasteiger partial charge in [0.2, 0.25) is 0 Å². The standard InChI is InChI=1S/C19H31NO3/c1-4-14(2)19(5-8-21)17(12-18(22)13-20)11-15(3)16-6-9-23-10-7-16/h11-14,16,19-21H,4-10H2,1-3H3/b15-11+,17-12+,20-13?. The van der Waals surface area contributed by atoms with E-state index in [0.717, 1.165) is 44.3 Å². The van der Waals surface area contributed by atoms with Gasteiger partial charge in [0.15, 0.2) is 5.78 Å². The van der Waals surface area contributed by atoms with Crippen LogP contribution in [0.5, 0.6) is 0 Å². The van der Waals surface area contributed by atoms with Gasteiger partial charge in [0.05, 0.1) is 6.21 Å². The van der Waals surface area contributed by atoms with Crippen LogP contribution in [0.1, 0.15) is 46.5 Å². The van der Waals surface area contributed by atoms with Gasteiger partial charge in [0.25, 0.3) is 0 Å². The predicted octanol–water partition coefficient (Wildman–Crippen LogP) is 3.55. The van der Waals surface area contributed by atoms with Crippen LogP contribution in [0.4, 0.5) is 0 Å². The van der Waals surface area contributed by atoms with E-state index in [0.29, 0.717) is 18.3 Å². The van der Waals surface area contributed by atoms with Gasteiger partial charge in [-0.3, -0.25) is 4.79 Å². The molecule has 2 atom stereocenters. The summed E-state index contributed by atoms with van der Waals surface area (Å²) in [6.45, 7) is 8.08. The molecule has 0 spiro atoms. The van der Waals surface area contributed by atoms with Crippen molar-refractivity contribution in [1.82, 2.24) is 0 Å². The number of ether oxygens (including phenoxy) is 1. The van der Waals surface area contributed by atoms with Gasteiger partial charge in [-0.2, -0.15) is 0 Å². The minimum absolute atomic E-state index is 0.106. The van der Waals surface area contributed by atoms with Crippen molar-refractivity contribution in [3.8, 4) is 0 Å². The second-order valence-electron chi connectivity index (χ2n) is 6.47. The first-order valence-electron chi connectivity index (χ1n) is 8.66. The van der Waals surface area contributed by atoms with E-state index in [-0.39, 0.29) is 18.3 Å². The number of allylic oxidation sites excluding steroid dienone is 4. The maximum absolute atomic E-state index is 11.8. The lowest BCUT2D eigenvalue weighted by Gasteiger charge is -2.27. The largest absolute Gasteiger partial charge is 0.396 e. The van der Waals surface area contributed by atoms with Crippen molar-refractivity contribution in [1.29, 1.82) is 5.41 Å². The van der Waals surface area contributed by atoms with Crippen LogP contribution in [0.15, 0.2) is 23.3 Å². The minimum Gasteiger partial charge on any atom is -0.396 e. The number of hydrogen-bond donors (Lipinski definition) is 2. The van der Waals surface area contributed by atoms with Gasteiger partial charge in [0, 0.05) is 19.8 Å². The highest BCUT2D eigenvalue weighted by Gasteiger charge is 2.21. The van der Waals surface area contributed by atoms with E-state index in [9.17, 15) is 9.90 Å². The predicted molar refractivity (Wildman–Crippen MR) is 93.8 cm³/mol. The number of carbonyl (C=O) groups excluding carboxylic acids is 1. The van der Waals surface area contributed by atoms with Crippen molar-refractivity contribution < 1.29 is 14.6 Å². The molecule has 4 nitrogen and oxygen atoms in total. The number of nitrogens with one attached hydrogen (secondary N) is 1. The molecule has 2 unspecified atom stereocenters. The van der Waals surface area contributed by atoms with Gasteiger partial charge in [-0.15, -0.1) is 0 Å². The average molecular weight is 321 g/mol. The Bertz CT molecular complexity index is 448. The Morgan fingerprint density at radius 2 is 2.00 bits per heavy atom. The summed E-state index contributed by atoms with van der Waals surface area (Å²) in [5.41, 5.74) is 2.22. The topological polar surface area (TPSA) is 70.4 Å². The van der Waals surface area contributed by atoms with Crippen LogP contribution < -0.4 is 0 Å². The molecule has 1 saturated heterocycles. The highest BCUT2D eigenvalue weighted by atomic mass is 16.5. The number of rotatable bonds is 9. The molecule has 1 aliphatic rings. The van der Waals surface area contributed by atoms with Crippen LogP contribution in [-0.4, -0.2) is 36.9 Å². The quantitative estimate of drug-likeness (QED) is 0.387. The molecular weight excluding hydrogens is 290 g/mol. The Labute approximate surface area is 140 Å². The van der Waals surface area contributed by atoms with Crippen molar-refractivity contribution in [3.63, 3.8) is 0 Å². The molecule has 0 radical (unpaired) electrons. The fourth-order valence-corrected chi connectivity index (χ4v) is 3.20. The molecule has 0 aromatic heterocycles. The second-order valence-corrected chi connectivity index (χ2v) is 6.47. The summed E-state index contributed by atoms with van der Waals surface area (Å²) in [4.78, 5) is 11.8. The highest BCUT2D eigenvalue weighted by Crippen LogP contribution is 2.31. The van der Waals surface area contributed by atoms with Crippen LogP contribution in [0.3, 0.4) is 0 Å². The van der Waals surface area contributed by atoms with Gasteiger partial charge in [0.1, 0.15) is 0 Å². The highest BCUT2D eigenvalue weighted by molar-refractivity contribution is 6.31. The third kappa shape index (κ3) is 6.40. The Morgan fingerprint density at radius 3 is 2.52 bits per heavy atom. The monoisotopic (exact) mass is 321 g/mol. The maximum Gasteiger partial charge on any atom is 0.196 e. The summed E-state index contributed by atoms with van der Waals surface area (Å²) in [5.74, 6) is 0.727. The van der Waals surface area contributed by atoms with Gasteiger partial charge in [-0.05, 0) is 55.6 Å². The number of aliphatic hydroxyl groups excluding tert-OH is 1. The SMILES string of the molecule is CCC(C)C(CCO)C(=C/C(=O)C=N)/C=C(\C)C1CCOCC1. The average Bonchev–Trinajstić information content (AvgIpc) is 2.58. The number of aliphatic hydroxyl groups is 1. The second kappa shape index (κ2) is 10.5. The zero-order chi connectivity index (χ0) is 17.2. The van der Waals surface area contributed by atoms with Gasteiger partial charge in [-0.25, -0.2) is 0 Å². The van der Waals surface area contributed by atoms with E-state index in [2.05, 4.69) is 26.8 Å². The van der Waals surface area contributed by atoms with Crippen molar-refractivity contribution in [2.75, 3.05) is 19.8 Å². The normalized spacial score (nSPS) is 20.2. The van der Waals surface area contributed by atoms with E-state index in [1.165, 1.54) is 5.57 Å². The maximum atomic E-state index is 11.8. The smallest absolute Gasteiger partial charge is 0.196 e. The molecule has 0 aromatic rings. The summed E-state index contributed by atoms with van der Waals surface area (Å²) < 4.78 is 5.42. The van der Waals surface area contributed by atoms with E-state index in [1.807, 2.05) is 0 Å². The lowest BCUT2D eigenvalue weighted by Crippen LogP contribution is -2.19.